The number of fused-ring (bicyclic) bond motifs is 1. The lowest BCUT2D eigenvalue weighted by Crippen LogP contribution is -2.28. The molecule has 4 rings (SSSR count). The summed E-state index contributed by atoms with van der Waals surface area (Å²) >= 11 is 1.67. The Morgan fingerprint density at radius 1 is 1.24 bits per heavy atom. The highest BCUT2D eigenvalue weighted by atomic mass is 32.1. The van der Waals surface area contributed by atoms with Crippen LogP contribution in [0.4, 0.5) is 10.7 Å². The predicted molar refractivity (Wildman–Crippen MR) is 137 cm³/mol. The molecule has 0 bridgehead atoms. The summed E-state index contributed by atoms with van der Waals surface area (Å²) in [4.78, 5) is 21.5. The molecular weight excluding hydrogens is 430 g/mol. The van der Waals surface area contributed by atoms with Gasteiger partial charge in [-0.2, -0.15) is 0 Å². The van der Waals surface area contributed by atoms with Gasteiger partial charge in [0.15, 0.2) is 0 Å². The topological polar surface area (TPSA) is 57.8 Å². The van der Waals surface area contributed by atoms with Crippen molar-refractivity contribution in [1.29, 1.82) is 0 Å². The molecule has 3 aromatic rings. The number of hydrogen-bond donors (Lipinski definition) is 1. The van der Waals surface area contributed by atoms with Gasteiger partial charge in [0.05, 0.1) is 18.4 Å². The molecule has 2 heterocycles. The molecule has 0 unspecified atom stereocenters. The fraction of sp³-hybridized carbons (Fsp3) is 0.407. The van der Waals surface area contributed by atoms with Gasteiger partial charge in [-0.05, 0) is 66.0 Å². The summed E-state index contributed by atoms with van der Waals surface area (Å²) in [5, 5.41) is 3.83. The number of carbonyl (C=O) groups excluding carboxylic acids is 1. The van der Waals surface area contributed by atoms with Gasteiger partial charge in [-0.25, -0.2) is 4.99 Å². The van der Waals surface area contributed by atoms with Gasteiger partial charge in [-0.1, -0.05) is 32.9 Å². The number of aliphatic imine (C=N–C) groups is 1. The fourth-order valence-electron chi connectivity index (χ4n) is 4.30. The van der Waals surface area contributed by atoms with Gasteiger partial charge < -0.3 is 14.6 Å². The molecule has 1 atom stereocenters. The van der Waals surface area contributed by atoms with Gasteiger partial charge in [0.25, 0.3) is 5.91 Å². The minimum atomic E-state index is -0.0757. The number of amides is 1. The van der Waals surface area contributed by atoms with Gasteiger partial charge in [0.2, 0.25) is 0 Å². The van der Waals surface area contributed by atoms with Crippen molar-refractivity contribution in [2.75, 3.05) is 19.0 Å². The second kappa shape index (κ2) is 9.56. The van der Waals surface area contributed by atoms with Crippen molar-refractivity contribution in [2.45, 2.75) is 46.6 Å². The average Bonchev–Trinajstić information content (AvgIpc) is 3.42. The first-order chi connectivity index (χ1) is 15.7. The number of carbonyl (C=O) groups is 1. The quantitative estimate of drug-likeness (QED) is 0.440. The van der Waals surface area contributed by atoms with Crippen LogP contribution in [-0.2, 0) is 19.4 Å². The minimum absolute atomic E-state index is 0.0757. The number of anilines is 1. The second-order valence-electron chi connectivity index (χ2n) is 10.00. The maximum Gasteiger partial charge on any atom is 0.255 e. The lowest BCUT2D eigenvalue weighted by Gasteiger charge is -2.33. The normalized spacial score (nSPS) is 16.1. The van der Waals surface area contributed by atoms with E-state index in [9.17, 15) is 4.79 Å². The number of thiophene rings is 1. The largest absolute Gasteiger partial charge is 0.467 e. The summed E-state index contributed by atoms with van der Waals surface area (Å²) in [5.74, 6) is 1.28. The van der Waals surface area contributed by atoms with Crippen LogP contribution < -0.4 is 10.2 Å². The molecule has 2 aromatic heterocycles. The molecule has 0 aliphatic heterocycles. The van der Waals surface area contributed by atoms with Crippen LogP contribution in [0.1, 0.15) is 59.3 Å². The van der Waals surface area contributed by atoms with E-state index in [-0.39, 0.29) is 11.3 Å². The summed E-state index contributed by atoms with van der Waals surface area (Å²) < 4.78 is 5.38. The van der Waals surface area contributed by atoms with Crippen LogP contribution in [0.5, 0.6) is 0 Å². The number of rotatable bonds is 6. The van der Waals surface area contributed by atoms with Crippen LogP contribution >= 0.6 is 11.3 Å². The first kappa shape index (κ1) is 23.3. The maximum absolute atomic E-state index is 13.3. The van der Waals surface area contributed by atoms with Gasteiger partial charge in [0.1, 0.15) is 10.8 Å². The summed E-state index contributed by atoms with van der Waals surface area (Å²) in [7, 11) is 4.05. The van der Waals surface area contributed by atoms with Crippen LogP contribution in [-0.4, -0.2) is 26.2 Å². The van der Waals surface area contributed by atoms with Crippen molar-refractivity contribution >= 4 is 34.1 Å². The SMILES string of the molecule is CN(C)c1ccc(C=Nc2sc3c(c2C(=O)NCc2ccco2)CC[C@H](C(C)(C)C)C3)cc1. The van der Waals surface area contributed by atoms with Crippen LogP contribution in [0.3, 0.4) is 0 Å². The second-order valence-corrected chi connectivity index (χ2v) is 11.1. The zero-order valence-electron chi connectivity index (χ0n) is 20.1. The third-order valence-corrected chi connectivity index (χ3v) is 7.60. The molecule has 1 amide bonds. The van der Waals surface area contributed by atoms with Crippen LogP contribution in [0.25, 0.3) is 0 Å². The monoisotopic (exact) mass is 463 g/mol. The van der Waals surface area contributed by atoms with Crippen molar-refractivity contribution in [2.24, 2.45) is 16.3 Å². The first-order valence-electron chi connectivity index (χ1n) is 11.5. The first-order valence-corrected chi connectivity index (χ1v) is 12.3. The van der Waals surface area contributed by atoms with Crippen molar-refractivity contribution in [1.82, 2.24) is 5.32 Å². The zero-order chi connectivity index (χ0) is 23.6. The lowest BCUT2D eigenvalue weighted by molar-refractivity contribution is 0.0947. The van der Waals surface area contributed by atoms with Crippen molar-refractivity contribution in [3.05, 3.63) is 70.0 Å². The molecule has 0 saturated carbocycles. The molecule has 1 aliphatic carbocycles. The number of benzene rings is 1. The van der Waals surface area contributed by atoms with E-state index in [4.69, 9.17) is 9.41 Å². The summed E-state index contributed by atoms with van der Waals surface area (Å²) in [6.45, 7) is 7.30. The molecule has 33 heavy (non-hydrogen) atoms. The molecule has 0 radical (unpaired) electrons. The molecule has 1 aromatic carbocycles. The Labute approximate surface area is 200 Å². The highest BCUT2D eigenvalue weighted by Gasteiger charge is 2.33. The predicted octanol–water partition coefficient (Wildman–Crippen LogP) is 6.24. The molecule has 0 fully saturated rings. The van der Waals surface area contributed by atoms with E-state index in [1.807, 2.05) is 32.4 Å². The third-order valence-electron chi connectivity index (χ3n) is 6.44. The molecule has 1 N–H and O–H groups in total. The molecule has 0 saturated heterocycles. The fourth-order valence-corrected chi connectivity index (χ4v) is 5.57. The number of furan rings is 1. The van der Waals surface area contributed by atoms with Crippen molar-refractivity contribution < 1.29 is 9.21 Å². The smallest absolute Gasteiger partial charge is 0.255 e. The van der Waals surface area contributed by atoms with Crippen LogP contribution in [0.2, 0.25) is 0 Å². The average molecular weight is 464 g/mol. The van der Waals surface area contributed by atoms with E-state index in [0.717, 1.165) is 46.8 Å². The summed E-state index contributed by atoms with van der Waals surface area (Å²) in [5.41, 5.74) is 4.31. The Morgan fingerprint density at radius 2 is 2.00 bits per heavy atom. The van der Waals surface area contributed by atoms with E-state index in [2.05, 4.69) is 55.3 Å². The molecule has 1 aliphatic rings. The van der Waals surface area contributed by atoms with E-state index >= 15 is 0 Å². The Kier molecular flexibility index (Phi) is 6.75. The minimum Gasteiger partial charge on any atom is -0.467 e. The molecule has 5 nitrogen and oxygen atoms in total. The standard InChI is InChI=1S/C27H33N3O2S/c1-27(2,3)19-10-13-22-23(15-19)33-26(24(22)25(31)28-17-21-7-6-14-32-21)29-16-18-8-11-20(12-9-18)30(4)5/h6-9,11-12,14,16,19H,10,13,15,17H2,1-5H3,(H,28,31)/t19-/m0/s1. The number of nitrogens with one attached hydrogen (secondary N) is 1. The molecule has 6 heteroatoms. The van der Waals surface area contributed by atoms with Gasteiger partial charge in [-0.15, -0.1) is 11.3 Å². The maximum atomic E-state index is 13.3. The Morgan fingerprint density at radius 3 is 2.64 bits per heavy atom. The van der Waals surface area contributed by atoms with Gasteiger partial charge in [0, 0.05) is 30.9 Å². The number of nitrogens with zero attached hydrogens (tertiary/aromatic N) is 2. The molecule has 174 valence electrons. The van der Waals surface area contributed by atoms with Crippen LogP contribution in [0, 0.1) is 11.3 Å². The Bertz CT molecular complexity index is 1120. The van der Waals surface area contributed by atoms with E-state index < -0.39 is 0 Å². The van der Waals surface area contributed by atoms with Crippen molar-refractivity contribution in [3.63, 3.8) is 0 Å². The summed E-state index contributed by atoms with van der Waals surface area (Å²) in [6, 6.07) is 12.0. The van der Waals surface area contributed by atoms with Crippen LogP contribution in [0.15, 0.2) is 52.1 Å². The van der Waals surface area contributed by atoms with Gasteiger partial charge in [-0.3, -0.25) is 4.79 Å². The summed E-state index contributed by atoms with van der Waals surface area (Å²) in [6.07, 6.45) is 6.51. The zero-order valence-corrected chi connectivity index (χ0v) is 21.0. The van der Waals surface area contributed by atoms with E-state index in [0.29, 0.717) is 12.5 Å². The van der Waals surface area contributed by atoms with Crippen molar-refractivity contribution in [3.8, 4) is 0 Å². The highest BCUT2D eigenvalue weighted by molar-refractivity contribution is 7.16. The van der Waals surface area contributed by atoms with E-state index in [1.54, 1.807) is 17.6 Å². The third kappa shape index (κ3) is 5.38. The van der Waals surface area contributed by atoms with E-state index in [1.165, 1.54) is 10.4 Å². The van der Waals surface area contributed by atoms with Gasteiger partial charge >= 0.3 is 0 Å². The molecular formula is C27H33N3O2S. The lowest BCUT2D eigenvalue weighted by atomic mass is 9.72. The Hall–Kier alpha value is -2.86. The Balaban J connectivity index is 1.63. The highest BCUT2D eigenvalue weighted by Crippen LogP contribution is 2.45. The molecule has 0 spiro atoms. The number of hydrogen-bond acceptors (Lipinski definition) is 5.